The van der Waals surface area contributed by atoms with Gasteiger partial charge in [0.2, 0.25) is 11.8 Å². The zero-order chi connectivity index (χ0) is 5.28. The van der Waals surface area contributed by atoms with E-state index in [1.807, 2.05) is 0 Å². The monoisotopic (exact) mass is 98.0 g/mol. The van der Waals surface area contributed by atoms with Crippen LogP contribution in [0.4, 0.5) is 0 Å². The SMILES string of the molecule is OC1=CC=C(O)[N]1. The number of nitrogens with zero attached hydrogens (tertiary/aromatic N) is 1. The molecule has 0 aromatic carbocycles. The van der Waals surface area contributed by atoms with Crippen molar-refractivity contribution < 1.29 is 10.2 Å². The van der Waals surface area contributed by atoms with Crippen molar-refractivity contribution in [3.63, 3.8) is 0 Å². The topological polar surface area (TPSA) is 54.6 Å². The molecule has 0 saturated carbocycles. The minimum absolute atomic E-state index is 0.141. The zero-order valence-electron chi connectivity index (χ0n) is 3.50. The molecule has 1 rings (SSSR count). The maximum absolute atomic E-state index is 8.38. The maximum atomic E-state index is 8.38. The van der Waals surface area contributed by atoms with E-state index in [0.717, 1.165) is 0 Å². The van der Waals surface area contributed by atoms with Crippen molar-refractivity contribution in [2.45, 2.75) is 0 Å². The van der Waals surface area contributed by atoms with Crippen LogP contribution in [0, 0.1) is 0 Å². The van der Waals surface area contributed by atoms with Crippen molar-refractivity contribution >= 4 is 0 Å². The quantitative estimate of drug-likeness (QED) is 0.460. The molecule has 0 spiro atoms. The van der Waals surface area contributed by atoms with Crippen LogP contribution in [0.25, 0.3) is 0 Å². The summed E-state index contributed by atoms with van der Waals surface area (Å²) >= 11 is 0. The van der Waals surface area contributed by atoms with Gasteiger partial charge in [-0.25, -0.2) is 0 Å². The molecule has 2 N–H and O–H groups in total. The van der Waals surface area contributed by atoms with E-state index in [9.17, 15) is 0 Å². The average Bonchev–Trinajstić information content (AvgIpc) is 1.87. The molecule has 0 fully saturated rings. The number of hydrogen-bond donors (Lipinski definition) is 2. The molecule has 0 atom stereocenters. The second-order valence-corrected chi connectivity index (χ2v) is 1.16. The minimum Gasteiger partial charge on any atom is -0.493 e. The molecule has 37 valence electrons. The van der Waals surface area contributed by atoms with E-state index >= 15 is 0 Å². The summed E-state index contributed by atoms with van der Waals surface area (Å²) in [5.41, 5.74) is 0. The highest BCUT2D eigenvalue weighted by Crippen LogP contribution is 2.00. The predicted octanol–water partition coefficient (Wildman–Crippen LogP) is 0.403. The van der Waals surface area contributed by atoms with Gasteiger partial charge in [-0.2, -0.15) is 5.32 Å². The third kappa shape index (κ3) is 0.652. The standard InChI is InChI=1S/C4H4NO2/c6-3-1-2-4(7)5-3/h1-2,6-7H. The normalized spacial score (nSPS) is 17.7. The Hall–Kier alpha value is -1.12. The Morgan fingerprint density at radius 1 is 1.14 bits per heavy atom. The molecule has 0 aliphatic carbocycles. The highest BCUT2D eigenvalue weighted by molar-refractivity contribution is 5.17. The molecule has 1 radical (unpaired) electrons. The van der Waals surface area contributed by atoms with Crippen LogP contribution in [0.5, 0.6) is 0 Å². The number of aliphatic hydroxyl groups is 2. The van der Waals surface area contributed by atoms with Gasteiger partial charge >= 0.3 is 0 Å². The molecule has 0 aromatic heterocycles. The van der Waals surface area contributed by atoms with Crippen LogP contribution in [0.2, 0.25) is 0 Å². The lowest BCUT2D eigenvalue weighted by Gasteiger charge is -1.87. The Morgan fingerprint density at radius 3 is 1.71 bits per heavy atom. The summed E-state index contributed by atoms with van der Waals surface area (Å²) in [5, 5.41) is 20.0. The first-order valence-corrected chi connectivity index (χ1v) is 1.81. The molecule has 3 heteroatoms. The van der Waals surface area contributed by atoms with Crippen molar-refractivity contribution in [1.82, 2.24) is 5.32 Å². The van der Waals surface area contributed by atoms with Gasteiger partial charge in [-0.15, -0.1) is 0 Å². The Balaban J connectivity index is 2.61. The van der Waals surface area contributed by atoms with Gasteiger partial charge in [0.15, 0.2) is 0 Å². The lowest BCUT2D eigenvalue weighted by molar-refractivity contribution is 0.319. The molecular weight excluding hydrogens is 94.0 g/mol. The van der Waals surface area contributed by atoms with Crippen molar-refractivity contribution in [3.8, 4) is 0 Å². The van der Waals surface area contributed by atoms with Crippen LogP contribution in [0.1, 0.15) is 0 Å². The number of rotatable bonds is 0. The summed E-state index contributed by atoms with van der Waals surface area (Å²) in [4.78, 5) is 0. The van der Waals surface area contributed by atoms with Gasteiger partial charge in [-0.1, -0.05) is 0 Å². The predicted molar refractivity (Wildman–Crippen MR) is 23.6 cm³/mol. The van der Waals surface area contributed by atoms with E-state index in [1.54, 1.807) is 0 Å². The first-order valence-electron chi connectivity index (χ1n) is 1.81. The van der Waals surface area contributed by atoms with E-state index in [-0.39, 0.29) is 11.8 Å². The third-order valence-corrected chi connectivity index (χ3v) is 0.611. The van der Waals surface area contributed by atoms with Crippen LogP contribution in [0.15, 0.2) is 23.9 Å². The number of allylic oxidation sites excluding steroid dienone is 2. The summed E-state index contributed by atoms with van der Waals surface area (Å²) in [6.45, 7) is 0. The van der Waals surface area contributed by atoms with Gasteiger partial charge in [0.25, 0.3) is 0 Å². The molecule has 0 amide bonds. The number of hydrogen-bond acceptors (Lipinski definition) is 2. The largest absolute Gasteiger partial charge is 0.493 e. The number of aliphatic hydroxyl groups excluding tert-OH is 2. The van der Waals surface area contributed by atoms with Crippen LogP contribution >= 0.6 is 0 Å². The Kier molecular flexibility index (Phi) is 0.685. The fourth-order valence-corrected chi connectivity index (χ4v) is 0.341. The summed E-state index contributed by atoms with van der Waals surface area (Å²) in [5.74, 6) is -0.282. The van der Waals surface area contributed by atoms with Crippen LogP contribution in [0.3, 0.4) is 0 Å². The van der Waals surface area contributed by atoms with Crippen molar-refractivity contribution in [2.75, 3.05) is 0 Å². The Labute approximate surface area is 40.6 Å². The second-order valence-electron chi connectivity index (χ2n) is 1.16. The Bertz CT molecular complexity index is 121. The first-order chi connectivity index (χ1) is 3.29. The van der Waals surface area contributed by atoms with E-state index in [4.69, 9.17) is 10.2 Å². The summed E-state index contributed by atoms with van der Waals surface area (Å²) < 4.78 is 0. The molecule has 0 aromatic rings. The van der Waals surface area contributed by atoms with Crippen molar-refractivity contribution in [3.05, 3.63) is 23.9 Å². The minimum atomic E-state index is -0.141. The smallest absolute Gasteiger partial charge is 0.214 e. The highest BCUT2D eigenvalue weighted by Gasteiger charge is 2.02. The van der Waals surface area contributed by atoms with Gasteiger partial charge in [0.05, 0.1) is 0 Å². The van der Waals surface area contributed by atoms with Crippen LogP contribution in [-0.2, 0) is 0 Å². The summed E-state index contributed by atoms with van der Waals surface area (Å²) in [7, 11) is 0. The lowest BCUT2D eigenvalue weighted by atomic mass is 10.6. The molecule has 0 unspecified atom stereocenters. The lowest BCUT2D eigenvalue weighted by Crippen LogP contribution is -1.96. The van der Waals surface area contributed by atoms with E-state index in [1.165, 1.54) is 12.2 Å². The van der Waals surface area contributed by atoms with Gasteiger partial charge < -0.3 is 10.2 Å². The molecule has 0 saturated heterocycles. The van der Waals surface area contributed by atoms with Gasteiger partial charge in [0, 0.05) is 12.2 Å². The fraction of sp³-hybridized carbons (Fsp3) is 0. The highest BCUT2D eigenvalue weighted by atomic mass is 16.3. The zero-order valence-corrected chi connectivity index (χ0v) is 3.50. The van der Waals surface area contributed by atoms with E-state index in [2.05, 4.69) is 5.32 Å². The van der Waals surface area contributed by atoms with Gasteiger partial charge in [-0.3, -0.25) is 0 Å². The molecule has 3 nitrogen and oxygen atoms in total. The molecular formula is C4H4NO2. The summed E-state index contributed by atoms with van der Waals surface area (Å²) in [6, 6.07) is 0. The molecule has 1 aliphatic heterocycles. The van der Waals surface area contributed by atoms with Crippen LogP contribution in [-0.4, -0.2) is 10.2 Å². The Morgan fingerprint density at radius 2 is 1.57 bits per heavy atom. The van der Waals surface area contributed by atoms with Crippen LogP contribution < -0.4 is 5.32 Å². The van der Waals surface area contributed by atoms with E-state index < -0.39 is 0 Å². The summed E-state index contributed by atoms with van der Waals surface area (Å²) in [6.07, 6.45) is 2.63. The fourth-order valence-electron chi connectivity index (χ4n) is 0.341. The molecule has 1 heterocycles. The van der Waals surface area contributed by atoms with Crippen molar-refractivity contribution in [1.29, 1.82) is 0 Å². The van der Waals surface area contributed by atoms with Gasteiger partial charge in [-0.05, 0) is 0 Å². The van der Waals surface area contributed by atoms with E-state index in [0.29, 0.717) is 0 Å². The average molecular weight is 98.1 g/mol. The molecule has 1 aliphatic rings. The maximum Gasteiger partial charge on any atom is 0.214 e. The third-order valence-electron chi connectivity index (χ3n) is 0.611. The molecule has 0 bridgehead atoms. The van der Waals surface area contributed by atoms with Gasteiger partial charge in [0.1, 0.15) is 0 Å². The second kappa shape index (κ2) is 1.18. The van der Waals surface area contributed by atoms with Crippen molar-refractivity contribution in [2.24, 2.45) is 0 Å². The first kappa shape index (κ1) is 4.05. The molecule has 7 heavy (non-hydrogen) atoms.